The van der Waals surface area contributed by atoms with Crippen LogP contribution in [0.1, 0.15) is 24.8 Å². The molecule has 36 heavy (non-hydrogen) atoms. The van der Waals surface area contributed by atoms with Crippen molar-refractivity contribution in [1.29, 1.82) is 5.26 Å². The Morgan fingerprint density at radius 2 is 1.78 bits per heavy atom. The molecule has 6 nitrogen and oxygen atoms in total. The largest absolute Gasteiger partial charge is 0.397 e. The highest BCUT2D eigenvalue weighted by atomic mass is 19.4. The fraction of sp³-hybridized carbons (Fsp3) is 0.370. The van der Waals surface area contributed by atoms with Crippen molar-refractivity contribution in [3.05, 3.63) is 60.3 Å². The van der Waals surface area contributed by atoms with Gasteiger partial charge in [0.1, 0.15) is 11.5 Å². The second kappa shape index (κ2) is 7.85. The van der Waals surface area contributed by atoms with Gasteiger partial charge in [-0.1, -0.05) is 0 Å². The molecule has 1 aliphatic carbocycles. The zero-order valence-electron chi connectivity index (χ0n) is 19.5. The van der Waals surface area contributed by atoms with E-state index in [1.165, 1.54) is 0 Å². The van der Waals surface area contributed by atoms with Crippen molar-refractivity contribution in [2.24, 2.45) is 10.8 Å². The first-order valence-corrected chi connectivity index (χ1v) is 12.0. The van der Waals surface area contributed by atoms with Crippen molar-refractivity contribution >= 4 is 33.9 Å². The Balaban J connectivity index is 1.30. The molecule has 1 saturated carbocycles. The molecule has 3 heterocycles. The molecule has 6 rings (SSSR count). The minimum atomic E-state index is -4.53. The number of halogens is 3. The van der Waals surface area contributed by atoms with Gasteiger partial charge in [0.15, 0.2) is 0 Å². The number of anilines is 3. The quantitative estimate of drug-likeness (QED) is 0.550. The zero-order valence-corrected chi connectivity index (χ0v) is 19.5. The molecule has 0 spiro atoms. The molecule has 2 saturated heterocycles. The molecule has 1 N–H and O–H groups in total. The summed E-state index contributed by atoms with van der Waals surface area (Å²) in [4.78, 5) is 21.6. The van der Waals surface area contributed by atoms with E-state index in [1.807, 2.05) is 12.1 Å². The minimum Gasteiger partial charge on any atom is -0.372 e. The Hall–Kier alpha value is -3.80. The molecule has 0 unspecified atom stereocenters. The van der Waals surface area contributed by atoms with Crippen LogP contribution >= 0.6 is 0 Å². The van der Waals surface area contributed by atoms with E-state index in [2.05, 4.69) is 21.3 Å². The summed E-state index contributed by atoms with van der Waals surface area (Å²) in [5.41, 5.74) is -0.789. The molecular formula is C27H24F3N5O. The molecule has 2 aliphatic heterocycles. The number of nitriles is 1. The van der Waals surface area contributed by atoms with E-state index in [-0.39, 0.29) is 19.5 Å². The van der Waals surface area contributed by atoms with Crippen LogP contribution in [0, 0.1) is 22.2 Å². The fourth-order valence-electron chi connectivity index (χ4n) is 6.10. The Morgan fingerprint density at radius 1 is 1.03 bits per heavy atom. The van der Waals surface area contributed by atoms with E-state index in [1.54, 1.807) is 47.5 Å². The molecular weight excluding hydrogens is 467 g/mol. The number of piperidine rings is 1. The number of nitrogens with zero attached hydrogens (tertiary/aromatic N) is 4. The predicted octanol–water partition coefficient (Wildman–Crippen LogP) is 5.10. The highest BCUT2D eigenvalue weighted by Crippen LogP contribution is 2.75. The van der Waals surface area contributed by atoms with Gasteiger partial charge in [0, 0.05) is 54.8 Å². The van der Waals surface area contributed by atoms with Gasteiger partial charge in [0.25, 0.3) is 0 Å². The number of benzene rings is 2. The number of hydrogen-bond donors (Lipinski definition) is 1. The third kappa shape index (κ3) is 3.24. The lowest BCUT2D eigenvalue weighted by atomic mass is 9.94. The highest BCUT2D eigenvalue weighted by molar-refractivity contribution is 6.01. The van der Waals surface area contributed by atoms with Gasteiger partial charge in [-0.05, 0) is 67.8 Å². The minimum absolute atomic E-state index is 0.0555. The number of amides is 1. The molecule has 9 heteroatoms. The van der Waals surface area contributed by atoms with Crippen LogP contribution < -0.4 is 15.1 Å². The number of alkyl halides is 3. The molecule has 3 fully saturated rings. The van der Waals surface area contributed by atoms with Gasteiger partial charge in [0.05, 0.1) is 16.5 Å². The maximum absolute atomic E-state index is 14.4. The summed E-state index contributed by atoms with van der Waals surface area (Å²) in [6.07, 6.45) is -0.928. The molecule has 2 atom stereocenters. The summed E-state index contributed by atoms with van der Waals surface area (Å²) in [6.45, 7) is 1.60. The van der Waals surface area contributed by atoms with Gasteiger partial charge < -0.3 is 15.1 Å². The topological polar surface area (TPSA) is 72.3 Å². The van der Waals surface area contributed by atoms with Crippen LogP contribution in [0.2, 0.25) is 0 Å². The fourth-order valence-corrected chi connectivity index (χ4v) is 6.10. The van der Waals surface area contributed by atoms with E-state index in [4.69, 9.17) is 0 Å². The molecule has 3 aliphatic rings. The van der Waals surface area contributed by atoms with Crippen LogP contribution in [0.15, 0.2) is 54.7 Å². The number of pyridine rings is 1. The van der Waals surface area contributed by atoms with Crippen molar-refractivity contribution in [2.45, 2.75) is 25.4 Å². The highest BCUT2D eigenvalue weighted by Gasteiger charge is 2.86. The SMILES string of the molecule is N#Cc1ccc(N2C[C@]3(C(=O)Nc4ccc(N5CCCC5)cc4)C[C@]3(C(F)(F)F)C2)c2cccnc12. The Labute approximate surface area is 206 Å². The summed E-state index contributed by atoms with van der Waals surface area (Å²) in [5.74, 6) is -0.604. The van der Waals surface area contributed by atoms with Crippen LogP contribution in [-0.2, 0) is 4.79 Å². The maximum atomic E-state index is 14.4. The molecule has 0 bridgehead atoms. The van der Waals surface area contributed by atoms with Crippen molar-refractivity contribution in [2.75, 3.05) is 41.3 Å². The number of hydrogen-bond acceptors (Lipinski definition) is 5. The average Bonchev–Trinajstić information content (AvgIpc) is 3.18. The lowest BCUT2D eigenvalue weighted by Crippen LogP contribution is -2.36. The van der Waals surface area contributed by atoms with Crippen LogP contribution in [0.5, 0.6) is 0 Å². The predicted molar refractivity (Wildman–Crippen MR) is 131 cm³/mol. The monoisotopic (exact) mass is 491 g/mol. The van der Waals surface area contributed by atoms with Crippen molar-refractivity contribution < 1.29 is 18.0 Å². The summed E-state index contributed by atoms with van der Waals surface area (Å²) in [5, 5.41) is 12.8. The Kier molecular flexibility index (Phi) is 4.94. The second-order valence-corrected chi connectivity index (χ2v) is 10.0. The molecule has 1 amide bonds. The van der Waals surface area contributed by atoms with E-state index in [0.29, 0.717) is 27.8 Å². The summed E-state index contributed by atoms with van der Waals surface area (Å²) < 4.78 is 43.2. The van der Waals surface area contributed by atoms with Gasteiger partial charge in [-0.3, -0.25) is 9.78 Å². The lowest BCUT2D eigenvalue weighted by molar-refractivity contribution is -0.191. The van der Waals surface area contributed by atoms with E-state index in [9.17, 15) is 23.2 Å². The standard InChI is InChI=1S/C27H24F3N5O/c28-27(29,30)26-15-25(26,24(36)33-19-6-8-20(9-7-19)34-12-1-2-13-34)16-35(17-26)22-10-5-18(14-31)23-21(22)4-3-11-32-23/h3-11H,1-2,12-13,15-17H2,(H,33,36)/t25-,26-/m0/s1. The molecule has 184 valence electrons. The molecule has 3 aromatic rings. The summed E-state index contributed by atoms with van der Waals surface area (Å²) in [6, 6.07) is 16.1. The van der Waals surface area contributed by atoms with Gasteiger partial charge in [-0.25, -0.2) is 0 Å². The van der Waals surface area contributed by atoms with Crippen molar-refractivity contribution in [1.82, 2.24) is 4.98 Å². The Bertz CT molecular complexity index is 1390. The van der Waals surface area contributed by atoms with Crippen LogP contribution in [-0.4, -0.2) is 43.2 Å². The number of aromatic nitrogens is 1. The normalized spacial score (nSPS) is 25.1. The van der Waals surface area contributed by atoms with E-state index in [0.717, 1.165) is 31.6 Å². The van der Waals surface area contributed by atoms with Gasteiger partial charge >= 0.3 is 6.18 Å². The maximum Gasteiger partial charge on any atom is 0.397 e. The molecule has 1 aromatic heterocycles. The summed E-state index contributed by atoms with van der Waals surface area (Å²) in [7, 11) is 0. The number of carbonyl (C=O) groups is 1. The van der Waals surface area contributed by atoms with E-state index < -0.39 is 22.9 Å². The van der Waals surface area contributed by atoms with Crippen LogP contribution in [0.3, 0.4) is 0 Å². The lowest BCUT2D eigenvalue weighted by Gasteiger charge is -2.25. The second-order valence-electron chi connectivity index (χ2n) is 10.0. The molecule has 2 aromatic carbocycles. The van der Waals surface area contributed by atoms with Crippen molar-refractivity contribution in [3.8, 4) is 6.07 Å². The number of fused-ring (bicyclic) bond motifs is 2. The first-order valence-electron chi connectivity index (χ1n) is 12.0. The summed E-state index contributed by atoms with van der Waals surface area (Å²) >= 11 is 0. The van der Waals surface area contributed by atoms with Crippen LogP contribution in [0.4, 0.5) is 30.2 Å². The number of rotatable bonds is 4. The van der Waals surface area contributed by atoms with Crippen LogP contribution in [0.25, 0.3) is 10.9 Å². The average molecular weight is 492 g/mol. The van der Waals surface area contributed by atoms with E-state index >= 15 is 0 Å². The first-order chi connectivity index (χ1) is 17.3. The van der Waals surface area contributed by atoms with Gasteiger partial charge in [0.2, 0.25) is 5.91 Å². The number of nitrogens with one attached hydrogen (secondary N) is 1. The third-order valence-electron chi connectivity index (χ3n) is 8.10. The van der Waals surface area contributed by atoms with Gasteiger partial charge in [-0.2, -0.15) is 18.4 Å². The Morgan fingerprint density at radius 3 is 2.47 bits per heavy atom. The van der Waals surface area contributed by atoms with Gasteiger partial charge in [-0.15, -0.1) is 0 Å². The first kappa shape index (κ1) is 22.7. The smallest absolute Gasteiger partial charge is 0.372 e. The third-order valence-corrected chi connectivity index (χ3v) is 8.10. The molecule has 0 radical (unpaired) electrons. The van der Waals surface area contributed by atoms with Crippen molar-refractivity contribution in [3.63, 3.8) is 0 Å². The number of carbonyl (C=O) groups excluding carboxylic acids is 1. The zero-order chi connectivity index (χ0) is 25.1.